The average Bonchev–Trinajstić information content (AvgIpc) is 3.08. The van der Waals surface area contributed by atoms with Gasteiger partial charge in [-0.3, -0.25) is 4.79 Å². The van der Waals surface area contributed by atoms with Crippen molar-refractivity contribution in [3.05, 3.63) is 95.6 Å². The van der Waals surface area contributed by atoms with E-state index in [1.165, 1.54) is 6.21 Å². The predicted octanol–water partition coefficient (Wildman–Crippen LogP) is 3.53. The van der Waals surface area contributed by atoms with Crippen LogP contribution in [0.5, 0.6) is 11.5 Å². The first-order valence-electron chi connectivity index (χ1n) is 9.63. The number of carbonyl (C=O) groups excluding carboxylic acids is 2. The highest BCUT2D eigenvalue weighted by Gasteiger charge is 2.54. The molecule has 156 valence electrons. The van der Waals surface area contributed by atoms with E-state index in [-0.39, 0.29) is 0 Å². The third-order valence-electron chi connectivity index (χ3n) is 5.11. The molecule has 1 fully saturated rings. The van der Waals surface area contributed by atoms with Crippen LogP contribution in [0.4, 0.5) is 4.79 Å². The lowest BCUT2D eigenvalue weighted by atomic mass is 9.83. The number of rotatable bonds is 6. The summed E-state index contributed by atoms with van der Waals surface area (Å²) in [6, 6.07) is 22.8. The molecule has 3 aromatic rings. The van der Waals surface area contributed by atoms with Crippen molar-refractivity contribution in [3.8, 4) is 11.5 Å². The molecule has 0 spiro atoms. The van der Waals surface area contributed by atoms with E-state index in [0.717, 1.165) is 5.01 Å². The largest absolute Gasteiger partial charge is 0.497 e. The number of imide groups is 1. The zero-order valence-electron chi connectivity index (χ0n) is 17.1. The summed E-state index contributed by atoms with van der Waals surface area (Å²) in [4.78, 5) is 26.4. The summed E-state index contributed by atoms with van der Waals surface area (Å²) >= 11 is 0. The number of methoxy groups -OCH3 is 2. The molecular weight excluding hydrogens is 394 g/mol. The van der Waals surface area contributed by atoms with E-state index >= 15 is 0 Å². The van der Waals surface area contributed by atoms with Crippen LogP contribution in [-0.2, 0) is 10.3 Å². The Bertz CT molecular complexity index is 1070. The molecule has 0 aliphatic carbocycles. The van der Waals surface area contributed by atoms with Gasteiger partial charge in [0, 0.05) is 11.6 Å². The highest BCUT2D eigenvalue weighted by Crippen LogP contribution is 2.36. The van der Waals surface area contributed by atoms with E-state index in [1.54, 1.807) is 32.4 Å². The summed E-state index contributed by atoms with van der Waals surface area (Å²) in [7, 11) is 3.09. The van der Waals surface area contributed by atoms with Gasteiger partial charge in [-0.05, 0) is 23.3 Å². The lowest BCUT2D eigenvalue weighted by molar-refractivity contribution is -0.130. The van der Waals surface area contributed by atoms with Crippen molar-refractivity contribution in [1.29, 1.82) is 0 Å². The molecule has 0 radical (unpaired) electrons. The topological polar surface area (TPSA) is 80.2 Å². The van der Waals surface area contributed by atoms with Crippen molar-refractivity contribution in [2.24, 2.45) is 5.10 Å². The van der Waals surface area contributed by atoms with Crippen LogP contribution in [0.1, 0.15) is 16.7 Å². The third-order valence-corrected chi connectivity index (χ3v) is 5.11. The van der Waals surface area contributed by atoms with Crippen LogP contribution in [0.25, 0.3) is 0 Å². The van der Waals surface area contributed by atoms with Gasteiger partial charge in [0.1, 0.15) is 11.5 Å². The van der Waals surface area contributed by atoms with Gasteiger partial charge in [0.2, 0.25) is 0 Å². The molecule has 3 aromatic carbocycles. The van der Waals surface area contributed by atoms with E-state index in [4.69, 9.17) is 9.47 Å². The number of hydrogen-bond acceptors (Lipinski definition) is 5. The van der Waals surface area contributed by atoms with E-state index in [0.29, 0.717) is 28.2 Å². The number of carbonyl (C=O) groups is 2. The summed E-state index contributed by atoms with van der Waals surface area (Å²) < 4.78 is 10.5. The summed E-state index contributed by atoms with van der Waals surface area (Å²) in [6.45, 7) is 0. The number of nitrogens with one attached hydrogen (secondary N) is 1. The molecule has 3 amide bonds. The number of ether oxygens (including phenoxy) is 2. The molecule has 1 heterocycles. The molecule has 7 heteroatoms. The fourth-order valence-electron chi connectivity index (χ4n) is 3.59. The molecule has 7 nitrogen and oxygen atoms in total. The molecule has 0 unspecified atom stereocenters. The van der Waals surface area contributed by atoms with Gasteiger partial charge in [0.15, 0.2) is 5.54 Å². The summed E-state index contributed by atoms with van der Waals surface area (Å²) in [5.74, 6) is 0.655. The lowest BCUT2D eigenvalue weighted by Gasteiger charge is -2.27. The molecule has 1 N–H and O–H groups in total. The SMILES string of the molecule is COc1cc(/C=N\N2C(=O)NC(c3ccccc3)(c3ccccc3)C2=O)cc(OC)c1. The number of hydrogen-bond donors (Lipinski definition) is 1. The first kappa shape index (κ1) is 20.2. The second-order valence-corrected chi connectivity index (χ2v) is 6.92. The van der Waals surface area contributed by atoms with Crippen LogP contribution in [-0.4, -0.2) is 37.4 Å². The molecular formula is C24H21N3O4. The summed E-state index contributed by atoms with van der Waals surface area (Å²) in [6.07, 6.45) is 1.43. The van der Waals surface area contributed by atoms with Crippen LogP contribution >= 0.6 is 0 Å². The fourth-order valence-corrected chi connectivity index (χ4v) is 3.59. The minimum Gasteiger partial charge on any atom is -0.497 e. The maximum absolute atomic E-state index is 13.6. The van der Waals surface area contributed by atoms with Crippen molar-refractivity contribution < 1.29 is 19.1 Å². The van der Waals surface area contributed by atoms with Gasteiger partial charge in [0.05, 0.1) is 20.4 Å². The maximum Gasteiger partial charge on any atom is 0.346 e. The number of urea groups is 1. The van der Waals surface area contributed by atoms with E-state index in [1.807, 2.05) is 60.7 Å². The fraction of sp³-hybridized carbons (Fsp3) is 0.125. The highest BCUT2D eigenvalue weighted by atomic mass is 16.5. The molecule has 1 saturated heterocycles. The Labute approximate surface area is 179 Å². The van der Waals surface area contributed by atoms with Crippen LogP contribution in [0, 0.1) is 0 Å². The number of benzene rings is 3. The van der Waals surface area contributed by atoms with Gasteiger partial charge in [-0.15, -0.1) is 5.01 Å². The van der Waals surface area contributed by atoms with Crippen molar-refractivity contribution in [3.63, 3.8) is 0 Å². The molecule has 4 rings (SSSR count). The molecule has 0 aromatic heterocycles. The van der Waals surface area contributed by atoms with Crippen LogP contribution in [0.2, 0.25) is 0 Å². The van der Waals surface area contributed by atoms with Crippen LogP contribution < -0.4 is 14.8 Å². The Morgan fingerprint density at radius 3 is 1.84 bits per heavy atom. The van der Waals surface area contributed by atoms with E-state index in [9.17, 15) is 9.59 Å². The van der Waals surface area contributed by atoms with Gasteiger partial charge in [-0.2, -0.15) is 5.10 Å². The Balaban J connectivity index is 1.74. The minimum absolute atomic E-state index is 0.485. The lowest BCUT2D eigenvalue weighted by Crippen LogP contribution is -2.44. The first-order chi connectivity index (χ1) is 15.1. The second kappa shape index (κ2) is 8.31. The quantitative estimate of drug-likeness (QED) is 0.493. The van der Waals surface area contributed by atoms with Crippen molar-refractivity contribution in [2.45, 2.75) is 5.54 Å². The van der Waals surface area contributed by atoms with Gasteiger partial charge in [0.25, 0.3) is 5.91 Å². The molecule has 0 bridgehead atoms. The van der Waals surface area contributed by atoms with Crippen molar-refractivity contribution in [2.75, 3.05) is 14.2 Å². The zero-order valence-corrected chi connectivity index (χ0v) is 17.1. The maximum atomic E-state index is 13.6. The average molecular weight is 415 g/mol. The summed E-state index contributed by atoms with van der Waals surface area (Å²) in [5, 5.41) is 7.90. The Kier molecular flexibility index (Phi) is 5.41. The molecule has 0 saturated carbocycles. The molecule has 0 atom stereocenters. The van der Waals surface area contributed by atoms with Gasteiger partial charge in [-0.25, -0.2) is 4.79 Å². The Hall–Kier alpha value is -4.13. The molecule has 1 aliphatic rings. The van der Waals surface area contributed by atoms with E-state index in [2.05, 4.69) is 10.4 Å². The summed E-state index contributed by atoms with van der Waals surface area (Å²) in [5.41, 5.74) is 0.567. The minimum atomic E-state index is -1.36. The highest BCUT2D eigenvalue weighted by molar-refractivity contribution is 6.09. The molecule has 31 heavy (non-hydrogen) atoms. The van der Waals surface area contributed by atoms with Crippen LogP contribution in [0.3, 0.4) is 0 Å². The second-order valence-electron chi connectivity index (χ2n) is 6.92. The smallest absolute Gasteiger partial charge is 0.346 e. The standard InChI is InChI=1S/C24H21N3O4/c1-30-20-13-17(14-21(15-20)31-2)16-25-27-22(28)24(26-23(27)29,18-9-5-3-6-10-18)19-11-7-4-8-12-19/h3-16H,1-2H3,(H,26,29)/b25-16-. The number of hydrazone groups is 1. The van der Waals surface area contributed by atoms with E-state index < -0.39 is 17.5 Å². The first-order valence-corrected chi connectivity index (χ1v) is 9.63. The van der Waals surface area contributed by atoms with Crippen LogP contribution in [0.15, 0.2) is 84.0 Å². The monoisotopic (exact) mass is 415 g/mol. The Morgan fingerprint density at radius 1 is 0.839 bits per heavy atom. The number of nitrogens with zero attached hydrogens (tertiary/aromatic N) is 2. The van der Waals surface area contributed by atoms with Gasteiger partial charge < -0.3 is 14.8 Å². The number of amides is 3. The zero-order chi connectivity index (χ0) is 21.8. The normalized spacial score (nSPS) is 15.2. The molecule has 1 aliphatic heterocycles. The Morgan fingerprint density at radius 2 is 1.35 bits per heavy atom. The third kappa shape index (κ3) is 3.61. The van der Waals surface area contributed by atoms with Crippen molar-refractivity contribution >= 4 is 18.2 Å². The predicted molar refractivity (Wildman–Crippen MR) is 116 cm³/mol. The van der Waals surface area contributed by atoms with Gasteiger partial charge >= 0.3 is 6.03 Å². The van der Waals surface area contributed by atoms with Crippen molar-refractivity contribution in [1.82, 2.24) is 10.3 Å². The van der Waals surface area contributed by atoms with Gasteiger partial charge in [-0.1, -0.05) is 60.7 Å².